The zero-order chi connectivity index (χ0) is 13.7. The molecule has 1 heterocycles. The van der Waals surface area contributed by atoms with Gasteiger partial charge in [-0.05, 0) is 25.1 Å². The summed E-state index contributed by atoms with van der Waals surface area (Å²) in [5.74, 6) is 1.20. The third-order valence-electron chi connectivity index (χ3n) is 2.22. The van der Waals surface area contributed by atoms with E-state index in [-0.39, 0.29) is 5.88 Å². The molecule has 19 heavy (non-hydrogen) atoms. The average Bonchev–Trinajstić information content (AvgIpc) is 2.43. The van der Waals surface area contributed by atoms with Crippen LogP contribution in [0.2, 0.25) is 5.02 Å². The van der Waals surface area contributed by atoms with Gasteiger partial charge in [0.2, 0.25) is 11.8 Å². The summed E-state index contributed by atoms with van der Waals surface area (Å²) in [4.78, 5) is 8.17. The van der Waals surface area contributed by atoms with Crippen molar-refractivity contribution in [2.45, 2.75) is 6.92 Å². The molecule has 0 bridgehead atoms. The number of rotatable bonds is 4. The van der Waals surface area contributed by atoms with Gasteiger partial charge in [-0.25, -0.2) is 4.98 Å². The molecule has 0 atom stereocenters. The molecule has 1 aromatic heterocycles. The van der Waals surface area contributed by atoms with Gasteiger partial charge < -0.3 is 10.1 Å². The van der Waals surface area contributed by atoms with E-state index in [1.807, 2.05) is 13.0 Å². The minimum Gasteiger partial charge on any atom is -0.437 e. The SMILES string of the molecule is CCNc1ncc(Cl)c(Oc2cccc(C#N)c2)n1. The Labute approximate surface area is 115 Å². The lowest BCUT2D eigenvalue weighted by Gasteiger charge is -2.08. The number of ether oxygens (including phenoxy) is 1. The van der Waals surface area contributed by atoms with E-state index in [4.69, 9.17) is 21.6 Å². The molecule has 0 amide bonds. The first-order valence-electron chi connectivity index (χ1n) is 5.67. The molecule has 96 valence electrons. The van der Waals surface area contributed by atoms with Gasteiger partial charge in [0.1, 0.15) is 10.8 Å². The van der Waals surface area contributed by atoms with Crippen LogP contribution in [0, 0.1) is 11.3 Å². The lowest BCUT2D eigenvalue weighted by molar-refractivity contribution is 0.462. The van der Waals surface area contributed by atoms with Gasteiger partial charge in [-0.15, -0.1) is 0 Å². The molecular formula is C13H11ClN4O. The maximum absolute atomic E-state index is 8.83. The highest BCUT2D eigenvalue weighted by atomic mass is 35.5. The fourth-order valence-electron chi connectivity index (χ4n) is 1.41. The molecule has 0 saturated carbocycles. The number of nitrogens with zero attached hydrogens (tertiary/aromatic N) is 3. The Hall–Kier alpha value is -2.32. The van der Waals surface area contributed by atoms with Crippen molar-refractivity contribution in [1.82, 2.24) is 9.97 Å². The summed E-state index contributed by atoms with van der Waals surface area (Å²) >= 11 is 5.98. The largest absolute Gasteiger partial charge is 0.437 e. The van der Waals surface area contributed by atoms with E-state index in [0.29, 0.717) is 28.8 Å². The van der Waals surface area contributed by atoms with Crippen molar-refractivity contribution < 1.29 is 4.74 Å². The smallest absolute Gasteiger partial charge is 0.243 e. The van der Waals surface area contributed by atoms with Crippen LogP contribution in [0.15, 0.2) is 30.5 Å². The van der Waals surface area contributed by atoms with Gasteiger partial charge in [0.05, 0.1) is 17.8 Å². The van der Waals surface area contributed by atoms with Crippen molar-refractivity contribution in [3.63, 3.8) is 0 Å². The van der Waals surface area contributed by atoms with E-state index < -0.39 is 0 Å². The van der Waals surface area contributed by atoms with Crippen LogP contribution in [-0.2, 0) is 0 Å². The second-order valence-corrected chi connectivity index (χ2v) is 4.03. The predicted octanol–water partition coefficient (Wildman–Crippen LogP) is 3.23. The molecule has 0 unspecified atom stereocenters. The molecule has 1 N–H and O–H groups in total. The van der Waals surface area contributed by atoms with Crippen LogP contribution in [0.25, 0.3) is 0 Å². The third kappa shape index (κ3) is 3.33. The van der Waals surface area contributed by atoms with E-state index in [1.54, 1.807) is 24.3 Å². The quantitative estimate of drug-likeness (QED) is 0.927. The molecule has 0 fully saturated rings. The van der Waals surface area contributed by atoms with E-state index in [2.05, 4.69) is 15.3 Å². The maximum Gasteiger partial charge on any atom is 0.243 e. The molecule has 0 spiro atoms. The molecule has 5 nitrogen and oxygen atoms in total. The van der Waals surface area contributed by atoms with Crippen molar-refractivity contribution in [3.05, 3.63) is 41.0 Å². The number of nitriles is 1. The second-order valence-electron chi connectivity index (χ2n) is 3.62. The van der Waals surface area contributed by atoms with Crippen LogP contribution in [0.5, 0.6) is 11.6 Å². The predicted molar refractivity (Wildman–Crippen MR) is 72.4 cm³/mol. The Balaban J connectivity index is 2.26. The van der Waals surface area contributed by atoms with Gasteiger partial charge >= 0.3 is 0 Å². The summed E-state index contributed by atoms with van der Waals surface area (Å²) < 4.78 is 5.56. The number of aromatic nitrogens is 2. The first-order chi connectivity index (χ1) is 9.22. The topological polar surface area (TPSA) is 70.8 Å². The molecule has 2 rings (SSSR count). The number of nitrogens with one attached hydrogen (secondary N) is 1. The first kappa shape index (κ1) is 13.1. The molecule has 6 heteroatoms. The fraction of sp³-hybridized carbons (Fsp3) is 0.154. The van der Waals surface area contributed by atoms with Crippen LogP contribution in [0.1, 0.15) is 12.5 Å². The Bertz CT molecular complexity index is 624. The minimum absolute atomic E-state index is 0.253. The zero-order valence-corrected chi connectivity index (χ0v) is 11.0. The summed E-state index contributed by atoms with van der Waals surface area (Å²) in [6.07, 6.45) is 1.47. The molecule has 0 radical (unpaired) electrons. The number of anilines is 1. The van der Waals surface area contributed by atoms with E-state index >= 15 is 0 Å². The van der Waals surface area contributed by atoms with Crippen molar-refractivity contribution in [1.29, 1.82) is 5.26 Å². The number of benzene rings is 1. The fourth-order valence-corrected chi connectivity index (χ4v) is 1.54. The lowest BCUT2D eigenvalue weighted by Crippen LogP contribution is -2.02. The summed E-state index contributed by atoms with van der Waals surface area (Å²) in [7, 11) is 0. The van der Waals surface area contributed by atoms with Crippen molar-refractivity contribution >= 4 is 17.5 Å². The summed E-state index contributed by atoms with van der Waals surface area (Å²) in [5, 5.41) is 12.1. The third-order valence-corrected chi connectivity index (χ3v) is 2.48. The van der Waals surface area contributed by atoms with Crippen LogP contribution in [-0.4, -0.2) is 16.5 Å². The Kier molecular flexibility index (Phi) is 4.16. The Morgan fingerprint density at radius 1 is 1.47 bits per heavy atom. The first-order valence-corrected chi connectivity index (χ1v) is 6.05. The molecule has 0 aliphatic heterocycles. The van der Waals surface area contributed by atoms with Crippen LogP contribution >= 0.6 is 11.6 Å². The molecule has 2 aromatic rings. The van der Waals surface area contributed by atoms with Gasteiger partial charge in [0.15, 0.2) is 0 Å². The molecule has 1 aromatic carbocycles. The zero-order valence-electron chi connectivity index (χ0n) is 10.2. The van der Waals surface area contributed by atoms with Crippen molar-refractivity contribution in [2.24, 2.45) is 0 Å². The number of hydrogen-bond acceptors (Lipinski definition) is 5. The number of halogens is 1. The summed E-state index contributed by atoms with van der Waals surface area (Å²) in [5.41, 5.74) is 0.509. The van der Waals surface area contributed by atoms with Gasteiger partial charge in [0.25, 0.3) is 0 Å². The van der Waals surface area contributed by atoms with Crippen molar-refractivity contribution in [3.8, 4) is 17.7 Å². The van der Waals surface area contributed by atoms with Crippen molar-refractivity contribution in [2.75, 3.05) is 11.9 Å². The minimum atomic E-state index is 0.253. The molecule has 0 saturated heterocycles. The molecule has 0 aliphatic rings. The molecular weight excluding hydrogens is 264 g/mol. The van der Waals surface area contributed by atoms with E-state index in [0.717, 1.165) is 0 Å². The Morgan fingerprint density at radius 2 is 2.32 bits per heavy atom. The average molecular weight is 275 g/mol. The van der Waals surface area contributed by atoms with E-state index in [9.17, 15) is 0 Å². The monoisotopic (exact) mass is 274 g/mol. The van der Waals surface area contributed by atoms with E-state index in [1.165, 1.54) is 6.20 Å². The van der Waals surface area contributed by atoms with Gasteiger partial charge in [-0.1, -0.05) is 17.7 Å². The molecule has 0 aliphatic carbocycles. The lowest BCUT2D eigenvalue weighted by atomic mass is 10.2. The summed E-state index contributed by atoms with van der Waals surface area (Å²) in [6.45, 7) is 2.64. The van der Waals surface area contributed by atoms with Crippen LogP contribution in [0.3, 0.4) is 0 Å². The summed E-state index contributed by atoms with van der Waals surface area (Å²) in [6, 6.07) is 8.81. The normalized spacial score (nSPS) is 9.74. The highest BCUT2D eigenvalue weighted by Gasteiger charge is 2.08. The van der Waals surface area contributed by atoms with Crippen LogP contribution in [0.4, 0.5) is 5.95 Å². The highest BCUT2D eigenvalue weighted by Crippen LogP contribution is 2.27. The van der Waals surface area contributed by atoms with Gasteiger partial charge in [-0.3, -0.25) is 0 Å². The van der Waals surface area contributed by atoms with Gasteiger partial charge in [0, 0.05) is 6.54 Å². The maximum atomic E-state index is 8.83. The Morgan fingerprint density at radius 3 is 3.05 bits per heavy atom. The van der Waals surface area contributed by atoms with Crippen LogP contribution < -0.4 is 10.1 Å². The number of hydrogen-bond donors (Lipinski definition) is 1. The second kappa shape index (κ2) is 6.03. The standard InChI is InChI=1S/C13H11ClN4O/c1-2-16-13-17-8-11(14)12(18-13)19-10-5-3-4-9(6-10)7-15/h3-6,8H,2H2,1H3,(H,16,17,18). The highest BCUT2D eigenvalue weighted by molar-refractivity contribution is 6.31. The van der Waals surface area contributed by atoms with Gasteiger partial charge in [-0.2, -0.15) is 10.2 Å².